The smallest absolute Gasteiger partial charge is 0.329 e. The van der Waals surface area contributed by atoms with Crippen LogP contribution < -0.4 is 20.2 Å². The lowest BCUT2D eigenvalue weighted by atomic mass is 10.1. The van der Waals surface area contributed by atoms with Crippen LogP contribution in [-0.4, -0.2) is 24.6 Å². The molecule has 176 valence electrons. The second-order valence-corrected chi connectivity index (χ2v) is 8.04. The number of halogens is 2. The molecule has 7 nitrogen and oxygen atoms in total. The first-order chi connectivity index (χ1) is 16.4. The third kappa shape index (κ3) is 7.23. The number of hydrogen-bond acceptors (Lipinski definition) is 5. The van der Waals surface area contributed by atoms with Crippen molar-refractivity contribution in [2.45, 2.75) is 20.5 Å². The number of ether oxygens (including phenoxy) is 2. The Morgan fingerprint density at radius 3 is 2.38 bits per heavy atom. The number of hydrogen-bond donors (Lipinski definition) is 2. The van der Waals surface area contributed by atoms with Crippen LogP contribution in [0.2, 0.25) is 10.0 Å². The fourth-order valence-electron chi connectivity index (χ4n) is 2.95. The van der Waals surface area contributed by atoms with Crippen molar-refractivity contribution < 1.29 is 19.1 Å². The van der Waals surface area contributed by atoms with Crippen LogP contribution in [0.3, 0.4) is 0 Å². The monoisotopic (exact) mass is 499 g/mol. The van der Waals surface area contributed by atoms with Crippen LogP contribution in [0.1, 0.15) is 23.6 Å². The van der Waals surface area contributed by atoms with Crippen LogP contribution >= 0.6 is 23.2 Å². The van der Waals surface area contributed by atoms with Crippen molar-refractivity contribution in [3.63, 3.8) is 0 Å². The molecule has 0 bridgehead atoms. The summed E-state index contributed by atoms with van der Waals surface area (Å²) in [5, 5.41) is 6.91. The molecule has 0 aliphatic heterocycles. The molecule has 0 fully saturated rings. The Kier molecular flexibility index (Phi) is 8.90. The molecule has 34 heavy (non-hydrogen) atoms. The molecule has 3 aromatic rings. The van der Waals surface area contributed by atoms with E-state index in [2.05, 4.69) is 15.8 Å². The maximum absolute atomic E-state index is 12.1. The van der Waals surface area contributed by atoms with Gasteiger partial charge in [0.05, 0.1) is 12.8 Å². The first kappa shape index (κ1) is 25.1. The second-order valence-electron chi connectivity index (χ2n) is 7.17. The van der Waals surface area contributed by atoms with E-state index in [1.807, 2.05) is 38.1 Å². The molecule has 0 saturated heterocycles. The van der Waals surface area contributed by atoms with Gasteiger partial charge in [-0.15, -0.1) is 0 Å². The number of carbonyl (C=O) groups excluding carboxylic acids is 2. The topological polar surface area (TPSA) is 89.0 Å². The van der Waals surface area contributed by atoms with Crippen molar-refractivity contribution in [1.29, 1.82) is 0 Å². The van der Waals surface area contributed by atoms with E-state index >= 15 is 0 Å². The van der Waals surface area contributed by atoms with Gasteiger partial charge in [0, 0.05) is 15.7 Å². The number of anilines is 1. The number of aryl methyl sites for hydroxylation is 1. The Hall–Kier alpha value is -3.55. The molecule has 2 N–H and O–H groups in total. The number of nitrogens with one attached hydrogen (secondary N) is 2. The molecule has 0 spiro atoms. The molecule has 2 amide bonds. The van der Waals surface area contributed by atoms with Crippen LogP contribution in [0.25, 0.3) is 0 Å². The van der Waals surface area contributed by atoms with E-state index in [0.29, 0.717) is 46.0 Å². The Labute approximate surface area is 207 Å². The van der Waals surface area contributed by atoms with E-state index in [9.17, 15) is 9.59 Å². The zero-order chi connectivity index (χ0) is 24.5. The van der Waals surface area contributed by atoms with Gasteiger partial charge in [-0.2, -0.15) is 5.10 Å². The predicted molar refractivity (Wildman–Crippen MR) is 134 cm³/mol. The summed E-state index contributed by atoms with van der Waals surface area (Å²) in [5.41, 5.74) is 5.34. The van der Waals surface area contributed by atoms with Crippen molar-refractivity contribution in [2.24, 2.45) is 5.10 Å². The minimum Gasteiger partial charge on any atom is -0.490 e. The maximum atomic E-state index is 12.1. The van der Waals surface area contributed by atoms with Crippen molar-refractivity contribution in [3.8, 4) is 11.5 Å². The van der Waals surface area contributed by atoms with Crippen molar-refractivity contribution in [1.82, 2.24) is 5.43 Å². The van der Waals surface area contributed by atoms with E-state index in [4.69, 9.17) is 32.7 Å². The van der Waals surface area contributed by atoms with Crippen molar-refractivity contribution in [2.75, 3.05) is 11.9 Å². The lowest BCUT2D eigenvalue weighted by Crippen LogP contribution is -2.32. The van der Waals surface area contributed by atoms with E-state index in [-0.39, 0.29) is 0 Å². The minimum absolute atomic E-state index is 0.296. The summed E-state index contributed by atoms with van der Waals surface area (Å²) < 4.78 is 11.6. The summed E-state index contributed by atoms with van der Waals surface area (Å²) in [6.07, 6.45) is 1.40. The SMILES string of the molecule is CCOc1cc(C=NNC(=O)C(=O)Nc2cc(Cl)cc(Cl)c2)ccc1OCc1ccccc1C. The van der Waals surface area contributed by atoms with Crippen LogP contribution in [0.5, 0.6) is 11.5 Å². The summed E-state index contributed by atoms with van der Waals surface area (Å²) in [6.45, 7) is 4.76. The summed E-state index contributed by atoms with van der Waals surface area (Å²) in [6, 6.07) is 17.7. The highest BCUT2D eigenvalue weighted by Crippen LogP contribution is 2.29. The Balaban J connectivity index is 1.61. The van der Waals surface area contributed by atoms with Gasteiger partial charge >= 0.3 is 11.8 Å². The summed E-state index contributed by atoms with van der Waals surface area (Å²) in [5.74, 6) is -0.728. The lowest BCUT2D eigenvalue weighted by molar-refractivity contribution is -0.136. The Morgan fingerprint density at radius 1 is 0.941 bits per heavy atom. The zero-order valence-corrected chi connectivity index (χ0v) is 20.1. The molecular formula is C25H23Cl2N3O4. The summed E-state index contributed by atoms with van der Waals surface area (Å²) >= 11 is 11.8. The molecule has 0 aliphatic carbocycles. The molecule has 0 saturated carbocycles. The Morgan fingerprint density at radius 2 is 1.68 bits per heavy atom. The third-order valence-electron chi connectivity index (χ3n) is 4.62. The number of hydrazone groups is 1. The van der Waals surface area contributed by atoms with E-state index in [0.717, 1.165) is 11.1 Å². The fourth-order valence-corrected chi connectivity index (χ4v) is 3.48. The zero-order valence-electron chi connectivity index (χ0n) is 18.6. The number of benzene rings is 3. The van der Waals surface area contributed by atoms with Crippen molar-refractivity contribution >= 4 is 46.9 Å². The molecule has 0 radical (unpaired) electrons. The molecular weight excluding hydrogens is 477 g/mol. The van der Waals surface area contributed by atoms with Crippen molar-refractivity contribution in [3.05, 3.63) is 87.4 Å². The standard InChI is InChI=1S/C25H23Cl2N3O4/c1-3-33-23-10-17(8-9-22(23)34-15-18-7-5-4-6-16(18)2)14-28-30-25(32)24(31)29-21-12-19(26)11-20(27)13-21/h4-14H,3,15H2,1-2H3,(H,29,31)(H,30,32). The van der Waals surface area contributed by atoms with Gasteiger partial charge in [0.1, 0.15) is 6.61 Å². The third-order valence-corrected chi connectivity index (χ3v) is 5.05. The average Bonchev–Trinajstić information content (AvgIpc) is 2.79. The molecule has 0 aliphatic rings. The molecule has 3 rings (SSSR count). The first-order valence-electron chi connectivity index (χ1n) is 10.4. The molecule has 3 aromatic carbocycles. The van der Waals surface area contributed by atoms with Gasteiger partial charge in [0.2, 0.25) is 0 Å². The van der Waals surface area contributed by atoms with Gasteiger partial charge in [-0.1, -0.05) is 47.5 Å². The van der Waals surface area contributed by atoms with Crippen LogP contribution in [0.4, 0.5) is 5.69 Å². The highest BCUT2D eigenvalue weighted by Gasteiger charge is 2.14. The van der Waals surface area contributed by atoms with Gasteiger partial charge in [-0.05, 0) is 66.9 Å². The summed E-state index contributed by atoms with van der Waals surface area (Å²) in [4.78, 5) is 24.1. The quantitative estimate of drug-likeness (QED) is 0.247. The maximum Gasteiger partial charge on any atom is 0.329 e. The molecule has 9 heteroatoms. The lowest BCUT2D eigenvalue weighted by Gasteiger charge is -2.13. The van der Waals surface area contributed by atoms with Crippen LogP contribution in [-0.2, 0) is 16.2 Å². The highest BCUT2D eigenvalue weighted by atomic mass is 35.5. The summed E-state index contributed by atoms with van der Waals surface area (Å²) in [7, 11) is 0. The first-order valence-corrected chi connectivity index (χ1v) is 11.2. The van der Waals surface area contributed by atoms with E-state index in [1.54, 1.807) is 18.2 Å². The molecule has 0 heterocycles. The molecule has 0 atom stereocenters. The highest BCUT2D eigenvalue weighted by molar-refractivity contribution is 6.40. The van der Waals surface area contributed by atoms with E-state index in [1.165, 1.54) is 24.4 Å². The fraction of sp³-hybridized carbons (Fsp3) is 0.160. The molecule has 0 unspecified atom stereocenters. The van der Waals surface area contributed by atoms with E-state index < -0.39 is 11.8 Å². The number of nitrogens with zero attached hydrogens (tertiary/aromatic N) is 1. The average molecular weight is 500 g/mol. The van der Waals surface area contributed by atoms with Crippen LogP contribution in [0, 0.1) is 6.92 Å². The van der Waals surface area contributed by atoms with Gasteiger partial charge in [-0.3, -0.25) is 9.59 Å². The van der Waals surface area contributed by atoms with Gasteiger partial charge in [0.15, 0.2) is 11.5 Å². The number of amides is 2. The minimum atomic E-state index is -0.949. The van der Waals surface area contributed by atoms with Gasteiger partial charge < -0.3 is 14.8 Å². The van der Waals surface area contributed by atoms with Gasteiger partial charge in [-0.25, -0.2) is 5.43 Å². The largest absolute Gasteiger partial charge is 0.490 e. The van der Waals surface area contributed by atoms with Crippen LogP contribution in [0.15, 0.2) is 65.8 Å². The number of rotatable bonds is 8. The predicted octanol–water partition coefficient (Wildman–Crippen LogP) is 5.37. The van der Waals surface area contributed by atoms with Gasteiger partial charge in [0.25, 0.3) is 0 Å². The second kappa shape index (κ2) is 12.1. The number of carbonyl (C=O) groups is 2. The Bertz CT molecular complexity index is 1190. The molecule has 0 aromatic heterocycles. The normalized spacial score (nSPS) is 10.7.